The maximum atomic E-state index is 6.69. The molecule has 266 valence electrons. The van der Waals surface area contributed by atoms with Crippen LogP contribution in [0.4, 0.5) is 0 Å². The molecule has 4 aliphatic rings. The molecule has 3 aliphatic carbocycles. The smallest absolute Gasteiger partial charge is 0.136 e. The number of hydrogen-bond donors (Lipinski definition) is 0. The van der Waals surface area contributed by atoms with Crippen LogP contribution in [0.25, 0.3) is 44.7 Å². The molecule has 0 saturated carbocycles. The Balaban J connectivity index is 0.993. The normalized spacial score (nSPS) is 16.9. The Labute approximate surface area is 327 Å². The van der Waals surface area contributed by atoms with E-state index in [-0.39, 0.29) is 5.92 Å². The van der Waals surface area contributed by atoms with Crippen LogP contribution in [-0.4, -0.2) is 9.97 Å². The number of para-hydroxylation sites is 1. The molecule has 0 fully saturated rings. The third kappa shape index (κ3) is 5.12. The molecule has 0 radical (unpaired) electrons. The van der Waals surface area contributed by atoms with Gasteiger partial charge in [0.15, 0.2) is 0 Å². The van der Waals surface area contributed by atoms with Crippen LogP contribution in [0.15, 0.2) is 188 Å². The molecule has 1 aromatic heterocycles. The minimum absolute atomic E-state index is 0.0498. The quantitative estimate of drug-likeness (QED) is 0.178. The predicted octanol–water partition coefficient (Wildman–Crippen LogP) is 13.1. The molecule has 3 nitrogen and oxygen atoms in total. The Hall–Kier alpha value is -6.84. The Morgan fingerprint density at radius 1 is 0.554 bits per heavy atom. The minimum Gasteiger partial charge on any atom is -0.457 e. The summed E-state index contributed by atoms with van der Waals surface area (Å²) >= 11 is 0. The zero-order valence-corrected chi connectivity index (χ0v) is 30.9. The van der Waals surface area contributed by atoms with E-state index >= 15 is 0 Å². The molecule has 2 heterocycles. The SMILES string of the molecule is C1=CCCC(c2cc(-c3ccccc3-c3ccccc3)nc(C3C=CC(c4ccc5c(c4)C4(c6ccccc6O5)c5ccccc5-c5ccccc54)=CC3)n2)=C1. The van der Waals surface area contributed by atoms with Gasteiger partial charge in [-0.3, -0.25) is 0 Å². The highest BCUT2D eigenvalue weighted by molar-refractivity contribution is 5.89. The minimum atomic E-state index is -0.488. The van der Waals surface area contributed by atoms with Crippen molar-refractivity contribution in [3.63, 3.8) is 0 Å². The van der Waals surface area contributed by atoms with E-state index in [1.807, 2.05) is 0 Å². The molecule has 3 heteroatoms. The number of hydrogen-bond acceptors (Lipinski definition) is 3. The highest BCUT2D eigenvalue weighted by Gasteiger charge is 2.51. The molecule has 1 spiro atoms. The maximum absolute atomic E-state index is 6.69. The molecule has 56 heavy (non-hydrogen) atoms. The van der Waals surface area contributed by atoms with E-state index in [9.17, 15) is 0 Å². The van der Waals surface area contributed by atoms with Crippen LogP contribution < -0.4 is 4.74 Å². The van der Waals surface area contributed by atoms with Crippen molar-refractivity contribution in [3.05, 3.63) is 227 Å². The second kappa shape index (κ2) is 13.2. The summed E-state index contributed by atoms with van der Waals surface area (Å²) in [6, 6.07) is 54.5. The van der Waals surface area contributed by atoms with Gasteiger partial charge in [-0.15, -0.1) is 0 Å². The molecule has 0 amide bonds. The third-order valence-electron chi connectivity index (χ3n) is 12.0. The number of allylic oxidation sites excluding steroid dienone is 8. The number of benzene rings is 6. The van der Waals surface area contributed by atoms with Crippen LogP contribution in [0.1, 0.15) is 64.5 Å². The summed E-state index contributed by atoms with van der Waals surface area (Å²) in [5.41, 5.74) is 16.1. The first-order valence-electron chi connectivity index (χ1n) is 19.7. The van der Waals surface area contributed by atoms with Gasteiger partial charge in [0.25, 0.3) is 0 Å². The Morgan fingerprint density at radius 3 is 1.95 bits per heavy atom. The average molecular weight is 719 g/mol. The zero-order chi connectivity index (χ0) is 37.1. The Morgan fingerprint density at radius 2 is 1.21 bits per heavy atom. The van der Waals surface area contributed by atoms with Gasteiger partial charge in [-0.2, -0.15) is 0 Å². The first kappa shape index (κ1) is 32.6. The molecule has 1 unspecified atom stereocenters. The van der Waals surface area contributed by atoms with E-state index in [2.05, 4.69) is 188 Å². The van der Waals surface area contributed by atoms with E-state index < -0.39 is 5.41 Å². The van der Waals surface area contributed by atoms with Crippen molar-refractivity contribution in [2.45, 2.75) is 30.6 Å². The first-order valence-corrected chi connectivity index (χ1v) is 19.7. The Bertz CT molecular complexity index is 2780. The summed E-state index contributed by atoms with van der Waals surface area (Å²) in [6.45, 7) is 0. The van der Waals surface area contributed by atoms with Gasteiger partial charge in [0.05, 0.1) is 16.8 Å². The monoisotopic (exact) mass is 718 g/mol. The fourth-order valence-corrected chi connectivity index (χ4v) is 9.39. The van der Waals surface area contributed by atoms with Gasteiger partial charge in [-0.25, -0.2) is 9.97 Å². The van der Waals surface area contributed by atoms with Crippen molar-refractivity contribution < 1.29 is 4.74 Å². The number of ether oxygens (including phenoxy) is 1. The summed E-state index contributed by atoms with van der Waals surface area (Å²) in [5.74, 6) is 2.72. The first-order chi connectivity index (χ1) is 27.8. The lowest BCUT2D eigenvalue weighted by atomic mass is 9.65. The van der Waals surface area contributed by atoms with Crippen molar-refractivity contribution in [1.82, 2.24) is 9.97 Å². The molecule has 1 aliphatic heterocycles. The molecule has 0 saturated heterocycles. The summed E-state index contributed by atoms with van der Waals surface area (Å²) in [4.78, 5) is 10.6. The summed E-state index contributed by atoms with van der Waals surface area (Å²) in [5, 5.41) is 0. The van der Waals surface area contributed by atoms with Gasteiger partial charge in [0.2, 0.25) is 0 Å². The lowest BCUT2D eigenvalue weighted by Crippen LogP contribution is -2.32. The molecule has 11 rings (SSSR count). The summed E-state index contributed by atoms with van der Waals surface area (Å²) < 4.78 is 6.69. The topological polar surface area (TPSA) is 35.0 Å². The van der Waals surface area contributed by atoms with E-state index in [1.165, 1.54) is 61.2 Å². The number of fused-ring (bicyclic) bond motifs is 9. The highest BCUT2D eigenvalue weighted by Crippen LogP contribution is 2.62. The van der Waals surface area contributed by atoms with Gasteiger partial charge in [-0.1, -0.05) is 164 Å². The summed E-state index contributed by atoms with van der Waals surface area (Å²) in [7, 11) is 0. The second-order valence-electron chi connectivity index (χ2n) is 15.1. The zero-order valence-electron chi connectivity index (χ0n) is 30.9. The molecule has 6 aromatic carbocycles. The Kier molecular flexibility index (Phi) is 7.67. The van der Waals surface area contributed by atoms with Crippen molar-refractivity contribution in [3.8, 4) is 45.0 Å². The predicted molar refractivity (Wildman–Crippen MR) is 228 cm³/mol. The van der Waals surface area contributed by atoms with Crippen molar-refractivity contribution in [1.29, 1.82) is 0 Å². The van der Waals surface area contributed by atoms with Crippen LogP contribution in [-0.2, 0) is 5.41 Å². The number of aromatic nitrogens is 2. The third-order valence-corrected chi connectivity index (χ3v) is 12.0. The van der Waals surface area contributed by atoms with Crippen molar-refractivity contribution in [2.75, 3.05) is 0 Å². The lowest BCUT2D eigenvalue weighted by molar-refractivity contribution is 0.436. The van der Waals surface area contributed by atoms with Crippen LogP contribution in [0.5, 0.6) is 11.5 Å². The molecular weight excluding hydrogens is 681 g/mol. The van der Waals surface area contributed by atoms with E-state index in [0.29, 0.717) is 0 Å². The largest absolute Gasteiger partial charge is 0.457 e. The van der Waals surface area contributed by atoms with Crippen molar-refractivity contribution in [2.24, 2.45) is 0 Å². The molecule has 7 aromatic rings. The van der Waals surface area contributed by atoms with E-state index in [1.54, 1.807) is 0 Å². The van der Waals surface area contributed by atoms with Gasteiger partial charge in [0.1, 0.15) is 17.3 Å². The fraction of sp³-hybridized carbons (Fsp3) is 0.0943. The van der Waals surface area contributed by atoms with Crippen LogP contribution in [0, 0.1) is 0 Å². The van der Waals surface area contributed by atoms with Gasteiger partial charge in [-0.05, 0) is 93.6 Å². The van der Waals surface area contributed by atoms with E-state index in [4.69, 9.17) is 14.7 Å². The molecule has 1 atom stereocenters. The second-order valence-corrected chi connectivity index (χ2v) is 15.1. The van der Waals surface area contributed by atoms with Crippen molar-refractivity contribution >= 4 is 11.1 Å². The molecule has 0 N–H and O–H groups in total. The average Bonchev–Trinajstić information content (AvgIpc) is 3.57. The molecular formula is C53H38N2O. The standard InChI is InChI=1S/C53H38N2O/c1-3-15-36(16-4-1)40-19-7-8-22-43(40)49-34-48(37-17-5-2-6-18-37)54-52(55-49)38-29-27-35(28-30-38)39-31-32-51-47(33-39)53(46-25-13-14-26-50(46)56-51)44-23-11-9-20-41(44)42-21-10-12-24-45(42)53/h1-5,7-17,19-29,31-34,38H,6,18,30H2. The van der Waals surface area contributed by atoms with Crippen LogP contribution in [0.2, 0.25) is 0 Å². The fourth-order valence-electron chi connectivity index (χ4n) is 9.39. The highest BCUT2D eigenvalue weighted by atomic mass is 16.5. The van der Waals surface area contributed by atoms with Crippen LogP contribution in [0.3, 0.4) is 0 Å². The maximum Gasteiger partial charge on any atom is 0.136 e. The lowest BCUT2D eigenvalue weighted by Gasteiger charge is -2.39. The van der Waals surface area contributed by atoms with Crippen LogP contribution >= 0.6 is 0 Å². The number of rotatable bonds is 5. The van der Waals surface area contributed by atoms with Gasteiger partial charge in [0, 0.05) is 22.6 Å². The number of nitrogens with zero attached hydrogens (tertiary/aromatic N) is 2. The summed E-state index contributed by atoms with van der Waals surface area (Å²) in [6.07, 6.45) is 16.3. The van der Waals surface area contributed by atoms with E-state index in [0.717, 1.165) is 53.5 Å². The van der Waals surface area contributed by atoms with Gasteiger partial charge >= 0.3 is 0 Å². The van der Waals surface area contributed by atoms with Gasteiger partial charge < -0.3 is 4.74 Å². The molecule has 0 bridgehead atoms.